The van der Waals surface area contributed by atoms with Crippen LogP contribution in [-0.4, -0.2) is 27.2 Å². The van der Waals surface area contributed by atoms with E-state index in [1.165, 1.54) is 11.1 Å². The molecule has 0 saturated carbocycles. The molecule has 44 heavy (non-hydrogen) atoms. The lowest BCUT2D eigenvalue weighted by Crippen LogP contribution is -2.29. The van der Waals surface area contributed by atoms with Crippen LogP contribution in [0.1, 0.15) is 47.2 Å². The largest absolute Gasteiger partial charge is 0.484 e. The Labute approximate surface area is 263 Å². The molecule has 6 rings (SSSR count). The summed E-state index contributed by atoms with van der Waals surface area (Å²) < 4.78 is 7.89. The van der Waals surface area contributed by atoms with E-state index in [0.29, 0.717) is 16.5 Å². The number of anilines is 2. The van der Waals surface area contributed by atoms with Crippen molar-refractivity contribution >= 4 is 34.6 Å². The number of aromatic nitrogens is 2. The molecule has 1 saturated heterocycles. The highest BCUT2D eigenvalue weighted by Crippen LogP contribution is 2.44. The van der Waals surface area contributed by atoms with Crippen LogP contribution in [0.5, 0.6) is 5.75 Å². The van der Waals surface area contributed by atoms with Crippen molar-refractivity contribution in [1.82, 2.24) is 14.9 Å². The maximum atomic E-state index is 12.6. The maximum Gasteiger partial charge on any atom is 0.262 e. The third-order valence-electron chi connectivity index (χ3n) is 8.03. The van der Waals surface area contributed by atoms with Gasteiger partial charge in [-0.15, -0.1) is 0 Å². The molecule has 1 fully saturated rings. The number of thiocarbonyl (C=S) groups is 1. The van der Waals surface area contributed by atoms with Gasteiger partial charge in [0.15, 0.2) is 11.7 Å². The zero-order valence-corrected chi connectivity index (χ0v) is 25.8. The number of hydrogen-bond acceptors (Lipinski definition) is 4. The fraction of sp³-hybridized carbons (Fsp3) is 0.194. The van der Waals surface area contributed by atoms with E-state index in [1.807, 2.05) is 79.0 Å². The first-order chi connectivity index (χ1) is 21.4. The van der Waals surface area contributed by atoms with E-state index in [2.05, 4.69) is 71.2 Å². The van der Waals surface area contributed by atoms with E-state index in [-0.39, 0.29) is 24.6 Å². The number of carbonyl (C=O) groups excluding carboxylic acids is 1. The number of para-hydroxylation sites is 1. The lowest BCUT2D eigenvalue weighted by molar-refractivity contribution is -0.118. The zero-order valence-electron chi connectivity index (χ0n) is 25.0. The number of carbonyl (C=O) groups is 1. The Kier molecular flexibility index (Phi) is 8.43. The minimum atomic E-state index is -0.229. The molecule has 0 aliphatic carbocycles. The second kappa shape index (κ2) is 12.7. The summed E-state index contributed by atoms with van der Waals surface area (Å²) in [4.78, 5) is 19.4. The molecule has 2 N–H and O–H groups in total. The van der Waals surface area contributed by atoms with Crippen LogP contribution in [0.3, 0.4) is 0 Å². The third kappa shape index (κ3) is 5.94. The van der Waals surface area contributed by atoms with E-state index in [4.69, 9.17) is 21.9 Å². The van der Waals surface area contributed by atoms with Gasteiger partial charge in [0.2, 0.25) is 0 Å². The Hall–Kier alpha value is -4.95. The molecule has 1 aliphatic rings. The van der Waals surface area contributed by atoms with Gasteiger partial charge in [-0.25, -0.2) is 0 Å². The molecule has 0 unspecified atom stereocenters. The Morgan fingerprint density at radius 3 is 2.32 bits per heavy atom. The van der Waals surface area contributed by atoms with Gasteiger partial charge in [-0.2, -0.15) is 0 Å². The smallest absolute Gasteiger partial charge is 0.262 e. The highest BCUT2D eigenvalue weighted by Gasteiger charge is 2.42. The van der Waals surface area contributed by atoms with Crippen molar-refractivity contribution < 1.29 is 9.53 Å². The number of aryl methyl sites for hydroxylation is 2. The summed E-state index contributed by atoms with van der Waals surface area (Å²) in [5.74, 6) is 0.423. The lowest BCUT2D eigenvalue weighted by atomic mass is 9.96. The van der Waals surface area contributed by atoms with Crippen LogP contribution in [0.2, 0.25) is 0 Å². The molecule has 0 spiro atoms. The van der Waals surface area contributed by atoms with Crippen molar-refractivity contribution in [2.45, 2.75) is 39.3 Å². The average molecular weight is 602 g/mol. The van der Waals surface area contributed by atoms with E-state index >= 15 is 0 Å². The number of pyridine rings is 1. The van der Waals surface area contributed by atoms with Crippen LogP contribution in [0.4, 0.5) is 11.4 Å². The molecular weight excluding hydrogens is 566 g/mol. The van der Waals surface area contributed by atoms with Gasteiger partial charge >= 0.3 is 0 Å². The van der Waals surface area contributed by atoms with Gasteiger partial charge in [-0.1, -0.05) is 43.3 Å². The zero-order chi connectivity index (χ0) is 30.6. The van der Waals surface area contributed by atoms with Gasteiger partial charge in [0.25, 0.3) is 5.91 Å². The van der Waals surface area contributed by atoms with Crippen LogP contribution in [0, 0.1) is 13.8 Å². The number of nitrogens with zero attached hydrogens (tertiary/aromatic N) is 3. The fourth-order valence-corrected chi connectivity index (χ4v) is 6.23. The molecule has 5 aromatic rings. The Balaban J connectivity index is 1.30. The average Bonchev–Trinajstić information content (AvgIpc) is 3.55. The van der Waals surface area contributed by atoms with Crippen molar-refractivity contribution in [3.63, 3.8) is 0 Å². The highest BCUT2D eigenvalue weighted by molar-refractivity contribution is 7.80. The number of benzene rings is 3. The molecule has 3 heterocycles. The molecule has 2 atom stereocenters. The quantitative estimate of drug-likeness (QED) is 0.174. The monoisotopic (exact) mass is 601 g/mol. The van der Waals surface area contributed by atoms with E-state index < -0.39 is 0 Å². The molecule has 1 amide bonds. The summed E-state index contributed by atoms with van der Waals surface area (Å²) in [5.41, 5.74) is 8.43. The van der Waals surface area contributed by atoms with E-state index in [9.17, 15) is 4.79 Å². The van der Waals surface area contributed by atoms with Gasteiger partial charge < -0.3 is 24.8 Å². The van der Waals surface area contributed by atoms with E-state index in [0.717, 1.165) is 34.9 Å². The molecule has 222 valence electrons. The molecule has 3 aromatic carbocycles. The van der Waals surface area contributed by atoms with Crippen molar-refractivity contribution in [1.29, 1.82) is 0 Å². The topological polar surface area (TPSA) is 71.4 Å². The maximum absolute atomic E-state index is 12.6. The normalized spacial score (nSPS) is 16.1. The van der Waals surface area contributed by atoms with E-state index in [1.54, 1.807) is 0 Å². The molecule has 1 aliphatic heterocycles. The minimum Gasteiger partial charge on any atom is -0.484 e. The highest BCUT2D eigenvalue weighted by atomic mass is 32.1. The van der Waals surface area contributed by atoms with Crippen LogP contribution in [0.25, 0.3) is 5.69 Å². The second-order valence-corrected chi connectivity index (χ2v) is 11.3. The molecule has 2 aromatic heterocycles. The number of rotatable bonds is 9. The van der Waals surface area contributed by atoms with Crippen molar-refractivity contribution in [3.05, 3.63) is 138 Å². The summed E-state index contributed by atoms with van der Waals surface area (Å²) in [7, 11) is 0. The third-order valence-corrected chi connectivity index (χ3v) is 8.35. The van der Waals surface area contributed by atoms with Crippen LogP contribution in [0.15, 0.2) is 109 Å². The summed E-state index contributed by atoms with van der Waals surface area (Å²) in [6.07, 6.45) is 2.82. The van der Waals surface area contributed by atoms with Crippen LogP contribution >= 0.6 is 12.2 Å². The fourth-order valence-electron chi connectivity index (χ4n) is 5.88. The number of amides is 1. The Morgan fingerprint density at radius 1 is 0.932 bits per heavy atom. The molecule has 0 bridgehead atoms. The van der Waals surface area contributed by atoms with Gasteiger partial charge in [-0.3, -0.25) is 9.78 Å². The predicted octanol–water partition coefficient (Wildman–Crippen LogP) is 7.25. The first-order valence-corrected chi connectivity index (χ1v) is 15.2. The van der Waals surface area contributed by atoms with Gasteiger partial charge in [-0.05, 0) is 110 Å². The minimum absolute atomic E-state index is 0.0729. The standard InChI is InChI=1S/C36H35N5O2S/c1-4-26-13-17-28(18-14-26)40-24(2)22-31(25(40)3)35-34(32-12-8-9-21-37-32)39-36(44)41(35)29-19-15-27(16-20-29)38-33(42)23-43-30-10-6-5-7-11-30/h5-22,34-35H,4,23H2,1-3H3,(H,38,42)(H,39,44)/t34-,35-/m0/s1. The Bertz CT molecular complexity index is 1750. The number of hydrogen-bond donors (Lipinski definition) is 2. The predicted molar refractivity (Wildman–Crippen MR) is 180 cm³/mol. The van der Waals surface area contributed by atoms with Crippen molar-refractivity contribution in [2.24, 2.45) is 0 Å². The molecular formula is C36H35N5O2S. The Morgan fingerprint density at radius 2 is 1.64 bits per heavy atom. The van der Waals surface area contributed by atoms with Gasteiger partial charge in [0.05, 0.1) is 17.8 Å². The van der Waals surface area contributed by atoms with Crippen LogP contribution < -0.4 is 20.3 Å². The summed E-state index contributed by atoms with van der Waals surface area (Å²) in [6.45, 7) is 6.41. The molecule has 8 heteroatoms. The summed E-state index contributed by atoms with van der Waals surface area (Å²) >= 11 is 5.96. The van der Waals surface area contributed by atoms with Gasteiger partial charge in [0, 0.05) is 34.6 Å². The van der Waals surface area contributed by atoms with Gasteiger partial charge in [0.1, 0.15) is 5.75 Å². The first-order valence-electron chi connectivity index (χ1n) is 14.8. The molecule has 7 nitrogen and oxygen atoms in total. The summed E-state index contributed by atoms with van der Waals surface area (Å²) in [5, 5.41) is 7.10. The molecule has 0 radical (unpaired) electrons. The number of nitrogens with one attached hydrogen (secondary N) is 2. The van der Waals surface area contributed by atoms with Crippen molar-refractivity contribution in [2.75, 3.05) is 16.8 Å². The SMILES string of the molecule is CCc1ccc(-n2c(C)cc([C@H]3[C@H](c4ccccn4)NC(=S)N3c3ccc(NC(=O)COc4ccccc4)cc3)c2C)cc1. The summed E-state index contributed by atoms with van der Waals surface area (Å²) in [6, 6.07) is 33.7. The second-order valence-electron chi connectivity index (χ2n) is 10.9. The first kappa shape index (κ1) is 29.1. The van der Waals surface area contributed by atoms with Crippen LogP contribution in [-0.2, 0) is 11.2 Å². The lowest BCUT2D eigenvalue weighted by Gasteiger charge is -2.28. The van der Waals surface area contributed by atoms with Crippen molar-refractivity contribution in [3.8, 4) is 11.4 Å². The number of ether oxygens (including phenoxy) is 1.